The van der Waals surface area contributed by atoms with Gasteiger partial charge >= 0.3 is 0 Å². The van der Waals surface area contributed by atoms with Gasteiger partial charge in [-0.15, -0.1) is 0 Å². The quantitative estimate of drug-likeness (QED) is 0.768. The van der Waals surface area contributed by atoms with Crippen molar-refractivity contribution in [3.05, 3.63) is 12.4 Å². The zero-order chi connectivity index (χ0) is 14.1. The van der Waals surface area contributed by atoms with E-state index in [1.807, 2.05) is 20.9 Å². The maximum atomic E-state index is 12.3. The molecule has 1 heterocycles. The van der Waals surface area contributed by atoms with Crippen molar-refractivity contribution in [3.8, 4) is 0 Å². The summed E-state index contributed by atoms with van der Waals surface area (Å²) in [4.78, 5) is 0.234. The molecule has 1 aliphatic rings. The molecule has 6 nitrogen and oxygen atoms in total. The highest BCUT2D eigenvalue weighted by Crippen LogP contribution is 2.39. The van der Waals surface area contributed by atoms with Crippen molar-refractivity contribution in [1.29, 1.82) is 0 Å². The van der Waals surface area contributed by atoms with E-state index in [9.17, 15) is 8.42 Å². The Morgan fingerprint density at radius 3 is 2.74 bits per heavy atom. The van der Waals surface area contributed by atoms with E-state index in [0.717, 1.165) is 19.4 Å². The highest BCUT2D eigenvalue weighted by atomic mass is 32.2. The first-order chi connectivity index (χ1) is 8.85. The van der Waals surface area contributed by atoms with Crippen LogP contribution in [-0.4, -0.2) is 37.3 Å². The normalized spacial score (nSPS) is 16.8. The molecule has 7 heteroatoms. The zero-order valence-corrected chi connectivity index (χ0v) is 12.5. The third-order valence-corrected chi connectivity index (χ3v) is 5.13. The summed E-state index contributed by atoms with van der Waals surface area (Å²) in [6.45, 7) is 5.28. The van der Waals surface area contributed by atoms with Gasteiger partial charge in [0.05, 0.1) is 12.7 Å². The van der Waals surface area contributed by atoms with Crippen LogP contribution in [-0.2, 0) is 16.6 Å². The maximum Gasteiger partial charge on any atom is 0.244 e. The molecular weight excluding hydrogens is 264 g/mol. The molecule has 108 valence electrons. The first kappa shape index (κ1) is 14.5. The first-order valence-corrected chi connectivity index (χ1v) is 8.04. The molecule has 1 aromatic heterocycles. The number of likely N-dealkylation sites (N-methyl/N-ethyl adjacent to an activating group) is 1. The van der Waals surface area contributed by atoms with Crippen LogP contribution in [0.25, 0.3) is 0 Å². The highest BCUT2D eigenvalue weighted by Gasteiger charge is 2.40. The maximum absolute atomic E-state index is 12.3. The lowest BCUT2D eigenvalue weighted by atomic mass is 10.0. The number of rotatable bonds is 7. The van der Waals surface area contributed by atoms with E-state index >= 15 is 0 Å². The Morgan fingerprint density at radius 1 is 1.47 bits per heavy atom. The Kier molecular flexibility index (Phi) is 3.98. The van der Waals surface area contributed by atoms with Gasteiger partial charge < -0.3 is 5.32 Å². The molecule has 1 aliphatic carbocycles. The van der Waals surface area contributed by atoms with Crippen LogP contribution in [0.15, 0.2) is 17.3 Å². The Bertz CT molecular complexity index is 532. The fraction of sp³-hybridized carbons (Fsp3) is 0.750. The minimum absolute atomic E-state index is 0.234. The Labute approximate surface area is 114 Å². The van der Waals surface area contributed by atoms with Crippen molar-refractivity contribution < 1.29 is 8.42 Å². The third kappa shape index (κ3) is 3.55. The highest BCUT2D eigenvalue weighted by molar-refractivity contribution is 7.89. The average Bonchev–Trinajstić information content (AvgIpc) is 3.05. The molecule has 0 amide bonds. The largest absolute Gasteiger partial charge is 0.318 e. The lowest BCUT2D eigenvalue weighted by molar-refractivity contribution is 0.400. The van der Waals surface area contributed by atoms with Crippen molar-refractivity contribution in [2.24, 2.45) is 5.92 Å². The van der Waals surface area contributed by atoms with Crippen molar-refractivity contribution >= 4 is 10.0 Å². The van der Waals surface area contributed by atoms with Gasteiger partial charge in [-0.05, 0) is 39.7 Å². The SMILES string of the molecule is CNCCn1cc(S(=O)(=O)NC(C)(C)C2CC2)cn1. The summed E-state index contributed by atoms with van der Waals surface area (Å²) < 4.78 is 29.0. The van der Waals surface area contributed by atoms with Crippen LogP contribution in [0.3, 0.4) is 0 Å². The second-order valence-corrected chi connectivity index (χ2v) is 7.33. The molecule has 19 heavy (non-hydrogen) atoms. The van der Waals surface area contributed by atoms with Crippen molar-refractivity contribution in [3.63, 3.8) is 0 Å². The summed E-state index contributed by atoms with van der Waals surface area (Å²) in [6, 6.07) is 0. The molecule has 0 radical (unpaired) electrons. The predicted molar refractivity (Wildman–Crippen MR) is 73.3 cm³/mol. The molecule has 1 saturated carbocycles. The molecule has 1 aromatic rings. The molecule has 2 N–H and O–H groups in total. The van der Waals surface area contributed by atoms with Gasteiger partial charge in [0.2, 0.25) is 10.0 Å². The van der Waals surface area contributed by atoms with E-state index in [-0.39, 0.29) is 10.4 Å². The van der Waals surface area contributed by atoms with Crippen molar-refractivity contribution in [2.45, 2.75) is 43.7 Å². The summed E-state index contributed by atoms with van der Waals surface area (Å²) in [5, 5.41) is 7.07. The smallest absolute Gasteiger partial charge is 0.244 e. The van der Waals surface area contributed by atoms with Gasteiger partial charge in [-0.25, -0.2) is 13.1 Å². The molecule has 0 atom stereocenters. The van der Waals surface area contributed by atoms with Crippen LogP contribution in [0.1, 0.15) is 26.7 Å². The molecule has 0 bridgehead atoms. The summed E-state index contributed by atoms with van der Waals surface area (Å²) >= 11 is 0. The Morgan fingerprint density at radius 2 is 2.16 bits per heavy atom. The van der Waals surface area contributed by atoms with Crippen LogP contribution >= 0.6 is 0 Å². The van der Waals surface area contributed by atoms with Crippen LogP contribution in [0.4, 0.5) is 0 Å². The fourth-order valence-corrected chi connectivity index (χ4v) is 3.55. The average molecular weight is 286 g/mol. The van der Waals surface area contributed by atoms with Crippen LogP contribution in [0.2, 0.25) is 0 Å². The Balaban J connectivity index is 2.08. The van der Waals surface area contributed by atoms with Gasteiger partial charge in [0.15, 0.2) is 0 Å². The predicted octanol–water partition coefficient (Wildman–Crippen LogP) is 0.569. The fourth-order valence-electron chi connectivity index (χ4n) is 2.13. The van der Waals surface area contributed by atoms with E-state index in [4.69, 9.17) is 0 Å². The molecule has 2 rings (SSSR count). The van der Waals surface area contributed by atoms with Gasteiger partial charge in [-0.1, -0.05) is 0 Å². The van der Waals surface area contributed by atoms with E-state index in [1.165, 1.54) is 6.20 Å². The minimum atomic E-state index is -3.48. The molecule has 0 aromatic carbocycles. The summed E-state index contributed by atoms with van der Waals surface area (Å²) in [5.41, 5.74) is -0.383. The second kappa shape index (κ2) is 5.22. The standard InChI is InChI=1S/C12H22N4O2S/c1-12(2,10-4-5-10)15-19(17,18)11-8-14-16(9-11)7-6-13-3/h8-10,13,15H,4-7H2,1-3H3. The molecule has 0 aliphatic heterocycles. The number of hydrogen-bond acceptors (Lipinski definition) is 4. The lowest BCUT2D eigenvalue weighted by Gasteiger charge is -2.25. The van der Waals surface area contributed by atoms with E-state index in [1.54, 1.807) is 10.9 Å². The molecular formula is C12H22N4O2S. The van der Waals surface area contributed by atoms with Gasteiger partial charge in [-0.2, -0.15) is 5.10 Å². The van der Waals surface area contributed by atoms with Crippen LogP contribution in [0.5, 0.6) is 0 Å². The van der Waals surface area contributed by atoms with Crippen molar-refractivity contribution in [1.82, 2.24) is 19.8 Å². The van der Waals surface area contributed by atoms with E-state index in [2.05, 4.69) is 15.1 Å². The first-order valence-electron chi connectivity index (χ1n) is 6.56. The van der Waals surface area contributed by atoms with Gasteiger partial charge in [0, 0.05) is 18.3 Å². The molecule has 0 spiro atoms. The summed E-state index contributed by atoms with van der Waals surface area (Å²) in [6.07, 6.45) is 5.16. The van der Waals surface area contributed by atoms with Gasteiger partial charge in [-0.3, -0.25) is 4.68 Å². The second-order valence-electron chi connectivity index (χ2n) is 5.64. The van der Waals surface area contributed by atoms with Gasteiger partial charge in [0.25, 0.3) is 0 Å². The molecule has 0 saturated heterocycles. The van der Waals surface area contributed by atoms with E-state index in [0.29, 0.717) is 12.5 Å². The third-order valence-electron chi connectivity index (χ3n) is 3.51. The summed E-state index contributed by atoms with van der Waals surface area (Å²) in [7, 11) is -1.63. The molecule has 1 fully saturated rings. The summed E-state index contributed by atoms with van der Waals surface area (Å²) in [5.74, 6) is 0.446. The Hall–Kier alpha value is -0.920. The lowest BCUT2D eigenvalue weighted by Crippen LogP contribution is -2.44. The molecule has 0 unspecified atom stereocenters. The van der Waals surface area contributed by atoms with Crippen LogP contribution in [0, 0.1) is 5.92 Å². The number of sulfonamides is 1. The van der Waals surface area contributed by atoms with Crippen LogP contribution < -0.4 is 10.0 Å². The number of nitrogens with zero attached hydrogens (tertiary/aromatic N) is 2. The van der Waals surface area contributed by atoms with Crippen molar-refractivity contribution in [2.75, 3.05) is 13.6 Å². The minimum Gasteiger partial charge on any atom is -0.318 e. The zero-order valence-electron chi connectivity index (χ0n) is 11.7. The number of aromatic nitrogens is 2. The monoisotopic (exact) mass is 286 g/mol. The van der Waals surface area contributed by atoms with E-state index < -0.39 is 10.0 Å². The number of hydrogen-bond donors (Lipinski definition) is 2. The number of nitrogens with one attached hydrogen (secondary N) is 2. The topological polar surface area (TPSA) is 76.0 Å². The van der Waals surface area contributed by atoms with Gasteiger partial charge in [0.1, 0.15) is 4.90 Å².